The van der Waals surface area contributed by atoms with E-state index in [1.807, 2.05) is 25.1 Å². The van der Waals surface area contributed by atoms with E-state index < -0.39 is 0 Å². The van der Waals surface area contributed by atoms with E-state index in [-0.39, 0.29) is 12.1 Å². The molecule has 0 aromatic heterocycles. The molecule has 1 aromatic carbocycles. The molecule has 0 saturated carbocycles. The van der Waals surface area contributed by atoms with Crippen LogP contribution >= 0.6 is 0 Å². The van der Waals surface area contributed by atoms with Gasteiger partial charge in [0.1, 0.15) is 0 Å². The highest BCUT2D eigenvalue weighted by atomic mass is 16.2. The third kappa shape index (κ3) is 3.47. The Hall–Kier alpha value is -1.51. The SMILES string of the molecule is CNC(=O)NC(C)Cc1ccccc1. The Morgan fingerprint density at radius 2 is 2.00 bits per heavy atom. The summed E-state index contributed by atoms with van der Waals surface area (Å²) in [4.78, 5) is 11.0. The molecule has 1 rings (SSSR count). The van der Waals surface area contributed by atoms with Gasteiger partial charge in [0.2, 0.25) is 0 Å². The molecule has 3 heteroatoms. The van der Waals surface area contributed by atoms with Gasteiger partial charge in [0.15, 0.2) is 0 Å². The Bertz CT molecular complexity index is 285. The normalized spacial score (nSPS) is 11.9. The molecule has 0 heterocycles. The monoisotopic (exact) mass is 192 g/mol. The summed E-state index contributed by atoms with van der Waals surface area (Å²) in [7, 11) is 1.62. The molecule has 3 nitrogen and oxygen atoms in total. The predicted molar refractivity (Wildman–Crippen MR) is 57.2 cm³/mol. The lowest BCUT2D eigenvalue weighted by Crippen LogP contribution is -2.39. The first kappa shape index (κ1) is 10.6. The van der Waals surface area contributed by atoms with Crippen LogP contribution in [0.2, 0.25) is 0 Å². The summed E-state index contributed by atoms with van der Waals surface area (Å²) >= 11 is 0. The van der Waals surface area contributed by atoms with E-state index in [2.05, 4.69) is 22.8 Å². The highest BCUT2D eigenvalue weighted by Crippen LogP contribution is 2.02. The lowest BCUT2D eigenvalue weighted by atomic mass is 10.1. The van der Waals surface area contributed by atoms with Crippen LogP contribution in [0.4, 0.5) is 4.79 Å². The molecule has 0 radical (unpaired) electrons. The van der Waals surface area contributed by atoms with Gasteiger partial charge in [0.25, 0.3) is 0 Å². The van der Waals surface area contributed by atoms with Crippen LogP contribution in [-0.4, -0.2) is 19.1 Å². The van der Waals surface area contributed by atoms with Gasteiger partial charge in [-0.2, -0.15) is 0 Å². The van der Waals surface area contributed by atoms with Gasteiger partial charge in [-0.3, -0.25) is 0 Å². The van der Waals surface area contributed by atoms with Crippen molar-refractivity contribution in [2.24, 2.45) is 0 Å². The van der Waals surface area contributed by atoms with Crippen LogP contribution in [0.3, 0.4) is 0 Å². The Kier molecular flexibility index (Phi) is 3.98. The van der Waals surface area contributed by atoms with Crippen molar-refractivity contribution in [2.75, 3.05) is 7.05 Å². The Morgan fingerprint density at radius 1 is 1.36 bits per heavy atom. The van der Waals surface area contributed by atoms with Gasteiger partial charge in [0.05, 0.1) is 0 Å². The number of nitrogens with one attached hydrogen (secondary N) is 2. The van der Waals surface area contributed by atoms with Gasteiger partial charge in [-0.15, -0.1) is 0 Å². The zero-order valence-corrected chi connectivity index (χ0v) is 8.58. The molecule has 0 bridgehead atoms. The Labute approximate surface area is 84.5 Å². The van der Waals surface area contributed by atoms with Crippen molar-refractivity contribution < 1.29 is 4.79 Å². The van der Waals surface area contributed by atoms with Crippen molar-refractivity contribution >= 4 is 6.03 Å². The number of carbonyl (C=O) groups excluding carboxylic acids is 1. The second-order valence-corrected chi connectivity index (χ2v) is 3.31. The van der Waals surface area contributed by atoms with Gasteiger partial charge in [-0.25, -0.2) is 4.79 Å². The van der Waals surface area contributed by atoms with Crippen LogP contribution in [-0.2, 0) is 6.42 Å². The van der Waals surface area contributed by atoms with Gasteiger partial charge >= 0.3 is 6.03 Å². The van der Waals surface area contributed by atoms with Gasteiger partial charge in [-0.1, -0.05) is 30.3 Å². The number of urea groups is 1. The average molecular weight is 192 g/mol. The van der Waals surface area contributed by atoms with Crippen molar-refractivity contribution in [3.05, 3.63) is 35.9 Å². The lowest BCUT2D eigenvalue weighted by Gasteiger charge is -2.13. The average Bonchev–Trinajstić information content (AvgIpc) is 2.19. The molecule has 0 aliphatic rings. The molecule has 0 saturated heterocycles. The highest BCUT2D eigenvalue weighted by molar-refractivity contribution is 5.73. The topological polar surface area (TPSA) is 41.1 Å². The molecule has 2 amide bonds. The van der Waals surface area contributed by atoms with Crippen LogP contribution in [0.1, 0.15) is 12.5 Å². The smallest absolute Gasteiger partial charge is 0.314 e. The molecular weight excluding hydrogens is 176 g/mol. The summed E-state index contributed by atoms with van der Waals surface area (Å²) in [6.07, 6.45) is 0.855. The van der Waals surface area contributed by atoms with E-state index in [0.717, 1.165) is 6.42 Å². The molecule has 14 heavy (non-hydrogen) atoms. The number of carbonyl (C=O) groups is 1. The van der Waals surface area contributed by atoms with Crippen LogP contribution < -0.4 is 10.6 Å². The quantitative estimate of drug-likeness (QED) is 0.749. The van der Waals surface area contributed by atoms with Crippen molar-refractivity contribution in [1.82, 2.24) is 10.6 Å². The van der Waals surface area contributed by atoms with E-state index in [1.54, 1.807) is 7.05 Å². The van der Waals surface area contributed by atoms with Crippen molar-refractivity contribution in [1.29, 1.82) is 0 Å². The first-order valence-corrected chi connectivity index (χ1v) is 4.74. The van der Waals surface area contributed by atoms with E-state index in [0.29, 0.717) is 0 Å². The molecule has 0 aliphatic carbocycles. The molecule has 1 aromatic rings. The number of hydrogen-bond donors (Lipinski definition) is 2. The van der Waals surface area contributed by atoms with Gasteiger partial charge in [0, 0.05) is 13.1 Å². The summed E-state index contributed by atoms with van der Waals surface area (Å²) in [5, 5.41) is 5.36. The molecule has 0 fully saturated rings. The largest absolute Gasteiger partial charge is 0.341 e. The minimum atomic E-state index is -0.131. The maximum Gasteiger partial charge on any atom is 0.314 e. The summed E-state index contributed by atoms with van der Waals surface area (Å²) in [6.45, 7) is 1.99. The van der Waals surface area contributed by atoms with E-state index in [9.17, 15) is 4.79 Å². The van der Waals surface area contributed by atoms with Crippen molar-refractivity contribution in [2.45, 2.75) is 19.4 Å². The zero-order valence-electron chi connectivity index (χ0n) is 8.58. The van der Waals surface area contributed by atoms with Gasteiger partial charge in [-0.05, 0) is 18.9 Å². The summed E-state index contributed by atoms with van der Waals surface area (Å²) in [5.74, 6) is 0. The molecule has 76 valence electrons. The van der Waals surface area contributed by atoms with Crippen LogP contribution in [0.25, 0.3) is 0 Å². The number of benzene rings is 1. The third-order valence-electron chi connectivity index (χ3n) is 1.99. The van der Waals surface area contributed by atoms with E-state index >= 15 is 0 Å². The first-order chi connectivity index (χ1) is 6.72. The van der Waals surface area contributed by atoms with Crippen molar-refractivity contribution in [3.63, 3.8) is 0 Å². The maximum atomic E-state index is 11.0. The first-order valence-electron chi connectivity index (χ1n) is 4.74. The molecule has 0 aliphatic heterocycles. The second kappa shape index (κ2) is 5.27. The maximum absolute atomic E-state index is 11.0. The third-order valence-corrected chi connectivity index (χ3v) is 1.99. The van der Waals surface area contributed by atoms with Crippen LogP contribution in [0.15, 0.2) is 30.3 Å². The molecule has 1 atom stereocenters. The predicted octanol–water partition coefficient (Wildman–Crippen LogP) is 1.55. The number of rotatable bonds is 3. The lowest BCUT2D eigenvalue weighted by molar-refractivity contribution is 0.240. The number of amides is 2. The summed E-state index contributed by atoms with van der Waals surface area (Å²) < 4.78 is 0. The molecular formula is C11H16N2O. The summed E-state index contributed by atoms with van der Waals surface area (Å²) in [5.41, 5.74) is 1.23. The zero-order chi connectivity index (χ0) is 10.4. The Balaban J connectivity index is 2.41. The van der Waals surface area contributed by atoms with Gasteiger partial charge < -0.3 is 10.6 Å². The molecule has 2 N–H and O–H groups in total. The summed E-state index contributed by atoms with van der Waals surface area (Å²) in [6, 6.07) is 10.1. The second-order valence-electron chi connectivity index (χ2n) is 3.31. The molecule has 1 unspecified atom stereocenters. The molecule has 0 spiro atoms. The van der Waals surface area contributed by atoms with E-state index in [1.165, 1.54) is 5.56 Å². The standard InChI is InChI=1S/C11H16N2O/c1-9(13-11(14)12-2)8-10-6-4-3-5-7-10/h3-7,9H,8H2,1-2H3,(H2,12,13,14). The van der Waals surface area contributed by atoms with Crippen LogP contribution in [0.5, 0.6) is 0 Å². The minimum Gasteiger partial charge on any atom is -0.341 e. The highest BCUT2D eigenvalue weighted by Gasteiger charge is 2.05. The minimum absolute atomic E-state index is 0.131. The van der Waals surface area contributed by atoms with Crippen molar-refractivity contribution in [3.8, 4) is 0 Å². The Morgan fingerprint density at radius 3 is 2.57 bits per heavy atom. The van der Waals surface area contributed by atoms with Crippen LogP contribution in [0, 0.1) is 0 Å². The fourth-order valence-corrected chi connectivity index (χ4v) is 1.31. The fraction of sp³-hybridized carbons (Fsp3) is 0.364. The fourth-order valence-electron chi connectivity index (χ4n) is 1.31. The number of hydrogen-bond acceptors (Lipinski definition) is 1. The van der Waals surface area contributed by atoms with E-state index in [4.69, 9.17) is 0 Å².